The molecule has 0 spiro atoms. The predicted molar refractivity (Wildman–Crippen MR) is 142 cm³/mol. The molecular weight excluding hydrogens is 576 g/mol. The Bertz CT molecular complexity index is 1130. The van der Waals surface area contributed by atoms with E-state index in [1.54, 1.807) is 36.1 Å². The largest absolute Gasteiger partial charge is 0.434 e. The van der Waals surface area contributed by atoms with Crippen LogP contribution in [0.5, 0.6) is 0 Å². The van der Waals surface area contributed by atoms with Gasteiger partial charge in [-0.05, 0) is 56.2 Å². The number of nitrogens with zero attached hydrogens (tertiary/aromatic N) is 2. The molecule has 1 aromatic heterocycles. The van der Waals surface area contributed by atoms with Crippen molar-refractivity contribution in [3.8, 4) is 0 Å². The second kappa shape index (κ2) is 14.5. The molecule has 3 rings (SSSR count). The number of ether oxygens (including phenoxy) is 2. The van der Waals surface area contributed by atoms with Gasteiger partial charge in [0.15, 0.2) is 11.1 Å². The molecule has 2 aromatic rings. The predicted octanol–water partition coefficient (Wildman–Crippen LogP) is 7.40. The van der Waals surface area contributed by atoms with Gasteiger partial charge in [0, 0.05) is 52.7 Å². The highest BCUT2D eigenvalue weighted by atomic mass is 35.5. The van der Waals surface area contributed by atoms with Crippen molar-refractivity contribution in [3.63, 3.8) is 0 Å². The zero-order valence-electron chi connectivity index (χ0n) is 19.1. The van der Waals surface area contributed by atoms with Gasteiger partial charge in [0.05, 0.1) is 0 Å². The van der Waals surface area contributed by atoms with Crippen molar-refractivity contribution in [3.05, 3.63) is 63.9 Å². The van der Waals surface area contributed by atoms with Crippen LogP contribution in [0.15, 0.2) is 42.6 Å². The van der Waals surface area contributed by atoms with E-state index < -0.39 is 22.6 Å². The van der Waals surface area contributed by atoms with Crippen LogP contribution in [-0.4, -0.2) is 51.5 Å². The van der Waals surface area contributed by atoms with Crippen molar-refractivity contribution in [1.29, 1.82) is 0 Å². The first-order valence-electron chi connectivity index (χ1n) is 10.5. The minimum Gasteiger partial charge on any atom is -0.434 e. The molecule has 2 unspecified atom stereocenters. The molecule has 0 fully saturated rings. The topological polar surface area (TPSA) is 97.8 Å². The Morgan fingerprint density at radius 3 is 2.28 bits per heavy atom. The van der Waals surface area contributed by atoms with E-state index in [0.717, 1.165) is 11.1 Å². The molecule has 0 radical (unpaired) electrons. The van der Waals surface area contributed by atoms with E-state index in [1.807, 2.05) is 6.08 Å². The van der Waals surface area contributed by atoms with Gasteiger partial charge in [0.1, 0.15) is 5.15 Å². The number of anilines is 1. The van der Waals surface area contributed by atoms with E-state index in [0.29, 0.717) is 35.8 Å². The lowest BCUT2D eigenvalue weighted by Crippen LogP contribution is -2.36. The molecule has 2 amide bonds. The standard InChI is InChI=1S/C20H18Cl3N3O3.C3H4Cl2O2/c1-12(21)29-20(28)26-8-5-13(6-9-26)16-11-15(22)2-3-17(16)25-19(27)14-4-7-24-18(23)10-14;1-2(4)7-3(5)6/h2-5,7,10-12H,6,8-9H2,1H3,(H,25,27);2H,1H3. The summed E-state index contributed by atoms with van der Waals surface area (Å²) in [5.41, 5.74) is 0.580. The number of rotatable bonds is 5. The van der Waals surface area contributed by atoms with E-state index >= 15 is 0 Å². The van der Waals surface area contributed by atoms with E-state index in [-0.39, 0.29) is 11.1 Å². The van der Waals surface area contributed by atoms with Crippen LogP contribution in [0.4, 0.5) is 15.3 Å². The normalized spacial score (nSPS) is 14.4. The SMILES string of the molecule is CC(Cl)OC(=O)Cl.CC(Cl)OC(=O)N1CC=C(c2cc(Cl)ccc2NC(=O)c2ccnc(Cl)c2)CC1. The van der Waals surface area contributed by atoms with Gasteiger partial charge in [-0.15, -0.1) is 0 Å². The molecule has 194 valence electrons. The highest BCUT2D eigenvalue weighted by Crippen LogP contribution is 2.32. The summed E-state index contributed by atoms with van der Waals surface area (Å²) in [6, 6.07) is 8.31. The number of halogens is 5. The number of hydrogen-bond acceptors (Lipinski definition) is 6. The van der Waals surface area contributed by atoms with E-state index in [1.165, 1.54) is 19.2 Å². The maximum Gasteiger partial charge on any atom is 0.411 e. The molecular formula is C23H22Cl5N3O5. The number of aromatic nitrogens is 1. The Balaban J connectivity index is 0.000000572. The lowest BCUT2D eigenvalue weighted by Gasteiger charge is -2.27. The summed E-state index contributed by atoms with van der Waals surface area (Å²) >= 11 is 27.6. The van der Waals surface area contributed by atoms with Gasteiger partial charge < -0.3 is 19.7 Å². The van der Waals surface area contributed by atoms with Gasteiger partial charge in [-0.1, -0.05) is 52.5 Å². The lowest BCUT2D eigenvalue weighted by molar-refractivity contribution is 0.0992. The molecule has 36 heavy (non-hydrogen) atoms. The fourth-order valence-electron chi connectivity index (χ4n) is 3.05. The number of amides is 2. The van der Waals surface area contributed by atoms with Gasteiger partial charge in [-0.3, -0.25) is 4.79 Å². The van der Waals surface area contributed by atoms with Crippen molar-refractivity contribution >= 4 is 86.7 Å². The Labute approximate surface area is 233 Å². The smallest absolute Gasteiger partial charge is 0.411 e. The molecule has 0 saturated carbocycles. The van der Waals surface area contributed by atoms with Crippen LogP contribution in [0.2, 0.25) is 10.2 Å². The fraction of sp³-hybridized carbons (Fsp3) is 0.304. The van der Waals surface area contributed by atoms with Crippen molar-refractivity contribution < 1.29 is 23.9 Å². The number of alkyl halides is 2. The monoisotopic (exact) mass is 595 g/mol. The molecule has 8 nitrogen and oxygen atoms in total. The van der Waals surface area contributed by atoms with E-state index in [4.69, 9.17) is 62.7 Å². The number of nitrogens with one attached hydrogen (secondary N) is 1. The molecule has 0 bridgehead atoms. The van der Waals surface area contributed by atoms with Crippen molar-refractivity contribution in [2.75, 3.05) is 18.4 Å². The van der Waals surface area contributed by atoms with Crippen LogP contribution < -0.4 is 5.32 Å². The van der Waals surface area contributed by atoms with E-state index in [2.05, 4.69) is 15.0 Å². The van der Waals surface area contributed by atoms with Crippen LogP contribution in [0.3, 0.4) is 0 Å². The summed E-state index contributed by atoms with van der Waals surface area (Å²) in [6.07, 6.45) is 3.50. The summed E-state index contributed by atoms with van der Waals surface area (Å²) in [5, 5.41) is 3.67. The Kier molecular flexibility index (Phi) is 12.1. The number of pyridine rings is 1. The third kappa shape index (κ3) is 10.0. The molecule has 1 N–H and O–H groups in total. The molecule has 13 heteroatoms. The highest BCUT2D eigenvalue weighted by molar-refractivity contribution is 6.61. The number of benzene rings is 1. The second-order valence-corrected chi connectivity index (χ2v) is 9.62. The van der Waals surface area contributed by atoms with Crippen LogP contribution >= 0.6 is 58.0 Å². The summed E-state index contributed by atoms with van der Waals surface area (Å²) in [4.78, 5) is 39.7. The number of carbonyl (C=O) groups is 3. The van der Waals surface area contributed by atoms with Gasteiger partial charge in [-0.2, -0.15) is 0 Å². The minimum absolute atomic E-state index is 0.238. The number of hydrogen-bond donors (Lipinski definition) is 1. The maximum atomic E-state index is 12.6. The summed E-state index contributed by atoms with van der Waals surface area (Å²) < 4.78 is 9.16. The zero-order chi connectivity index (χ0) is 26.8. The molecule has 2 atom stereocenters. The van der Waals surface area contributed by atoms with Crippen LogP contribution in [0.25, 0.3) is 5.57 Å². The first-order chi connectivity index (χ1) is 17.0. The maximum absolute atomic E-state index is 12.6. The quantitative estimate of drug-likeness (QED) is 0.219. The molecule has 1 aliphatic heterocycles. The van der Waals surface area contributed by atoms with Gasteiger partial charge in [0.25, 0.3) is 5.91 Å². The zero-order valence-corrected chi connectivity index (χ0v) is 22.9. The second-order valence-electron chi connectivity index (χ2n) is 7.26. The Morgan fingerprint density at radius 1 is 1.06 bits per heavy atom. The number of carbonyl (C=O) groups excluding carboxylic acids is 3. The molecule has 0 aliphatic carbocycles. The van der Waals surface area contributed by atoms with Gasteiger partial charge in [0.2, 0.25) is 0 Å². The van der Waals surface area contributed by atoms with E-state index in [9.17, 15) is 14.4 Å². The van der Waals surface area contributed by atoms with Crippen LogP contribution in [0.1, 0.15) is 36.2 Å². The highest BCUT2D eigenvalue weighted by Gasteiger charge is 2.22. The Hall–Kier alpha value is -2.23. The molecule has 2 heterocycles. The summed E-state index contributed by atoms with van der Waals surface area (Å²) in [6.45, 7) is 3.93. The van der Waals surface area contributed by atoms with Crippen molar-refractivity contribution in [1.82, 2.24) is 9.88 Å². The van der Waals surface area contributed by atoms with Gasteiger partial charge >= 0.3 is 11.5 Å². The molecule has 1 aliphatic rings. The summed E-state index contributed by atoms with van der Waals surface area (Å²) in [5.74, 6) is -0.310. The first-order valence-corrected chi connectivity index (χ1v) is 12.5. The van der Waals surface area contributed by atoms with Crippen LogP contribution in [0, 0.1) is 0 Å². The third-order valence-electron chi connectivity index (χ3n) is 4.55. The lowest BCUT2D eigenvalue weighted by atomic mass is 9.97. The van der Waals surface area contributed by atoms with Crippen molar-refractivity contribution in [2.45, 2.75) is 31.4 Å². The Morgan fingerprint density at radius 2 is 1.75 bits per heavy atom. The summed E-state index contributed by atoms with van der Waals surface area (Å²) in [7, 11) is 0. The van der Waals surface area contributed by atoms with Crippen LogP contribution in [-0.2, 0) is 9.47 Å². The molecule has 1 aromatic carbocycles. The average molecular weight is 598 g/mol. The minimum atomic E-state index is -0.873. The van der Waals surface area contributed by atoms with Gasteiger partial charge in [-0.25, -0.2) is 14.6 Å². The first kappa shape index (κ1) is 30.0. The van der Waals surface area contributed by atoms with Crippen molar-refractivity contribution in [2.24, 2.45) is 0 Å². The fourth-order valence-corrected chi connectivity index (χ4v) is 3.73. The average Bonchev–Trinajstić information content (AvgIpc) is 2.79. The molecule has 0 saturated heterocycles. The third-order valence-corrected chi connectivity index (χ3v) is 5.26.